The van der Waals surface area contributed by atoms with E-state index in [2.05, 4.69) is 34.5 Å². The van der Waals surface area contributed by atoms with Crippen molar-refractivity contribution in [2.75, 3.05) is 24.6 Å². The van der Waals surface area contributed by atoms with Gasteiger partial charge in [0.05, 0.1) is 16.1 Å². The molecular weight excluding hydrogens is 236 g/mol. The van der Waals surface area contributed by atoms with Crippen molar-refractivity contribution in [2.24, 2.45) is 5.92 Å². The maximum absolute atomic E-state index is 9.36. The van der Waals surface area contributed by atoms with E-state index >= 15 is 0 Å². The normalized spacial score (nSPS) is 38.2. The highest BCUT2D eigenvalue weighted by Crippen LogP contribution is 2.55. The van der Waals surface area contributed by atoms with E-state index in [-0.39, 0.29) is 5.92 Å². The number of rotatable bonds is 0. The van der Waals surface area contributed by atoms with Crippen LogP contribution in [0.1, 0.15) is 25.7 Å². The maximum Gasteiger partial charge on any atom is 0.0790 e. The second-order valence-corrected chi connectivity index (χ2v) is 8.08. The molecule has 3 rings (SSSR count). The lowest BCUT2D eigenvalue weighted by Gasteiger charge is -2.44. The minimum Gasteiger partial charge on any atom is -0.297 e. The first kappa shape index (κ1) is 11.3. The van der Waals surface area contributed by atoms with Crippen LogP contribution in [0.3, 0.4) is 0 Å². The molecule has 2 atom stereocenters. The molecule has 3 heterocycles. The molecule has 0 bridgehead atoms. The number of hydrogen-bond donors (Lipinski definition) is 0. The van der Waals surface area contributed by atoms with Gasteiger partial charge < -0.3 is 0 Å². The van der Waals surface area contributed by atoms with E-state index in [0.29, 0.717) is 10.1 Å². The number of fused-ring (bicyclic) bond motifs is 2. The topological polar surface area (TPSA) is 27.0 Å². The van der Waals surface area contributed by atoms with Crippen LogP contribution in [-0.4, -0.2) is 39.6 Å². The average Bonchev–Trinajstić information content (AvgIpc) is 2.70. The number of nitriles is 1. The average molecular weight is 254 g/mol. The van der Waals surface area contributed by atoms with Gasteiger partial charge in [0, 0.05) is 12.6 Å². The number of piperidine rings is 1. The van der Waals surface area contributed by atoms with E-state index in [1.165, 1.54) is 43.9 Å². The van der Waals surface area contributed by atoms with Crippen molar-refractivity contribution < 1.29 is 0 Å². The summed E-state index contributed by atoms with van der Waals surface area (Å²) in [6, 6.07) is 3.12. The molecule has 0 radical (unpaired) electrons. The predicted octanol–water partition coefficient (Wildman–Crippen LogP) is 2.56. The summed E-state index contributed by atoms with van der Waals surface area (Å²) in [5.74, 6) is 2.89. The van der Waals surface area contributed by atoms with Crippen molar-refractivity contribution in [1.82, 2.24) is 4.90 Å². The maximum atomic E-state index is 9.36. The van der Waals surface area contributed by atoms with Crippen LogP contribution in [0.4, 0.5) is 0 Å². The zero-order valence-corrected chi connectivity index (χ0v) is 11.2. The van der Waals surface area contributed by atoms with Gasteiger partial charge in [-0.1, -0.05) is 0 Å². The van der Waals surface area contributed by atoms with Crippen molar-refractivity contribution in [3.05, 3.63) is 0 Å². The lowest BCUT2D eigenvalue weighted by molar-refractivity contribution is 0.160. The third-order valence-electron chi connectivity index (χ3n) is 4.08. The van der Waals surface area contributed by atoms with Crippen LogP contribution in [0.15, 0.2) is 0 Å². The molecule has 0 aliphatic carbocycles. The second kappa shape index (κ2) is 4.44. The van der Waals surface area contributed by atoms with Crippen LogP contribution in [0.2, 0.25) is 0 Å². The fraction of sp³-hybridized carbons (Fsp3) is 0.917. The Hall–Kier alpha value is 0.150. The van der Waals surface area contributed by atoms with Crippen molar-refractivity contribution >= 4 is 23.5 Å². The van der Waals surface area contributed by atoms with Gasteiger partial charge in [-0.05, 0) is 43.7 Å². The van der Waals surface area contributed by atoms with Crippen LogP contribution in [-0.2, 0) is 0 Å². The molecule has 3 aliphatic rings. The third kappa shape index (κ3) is 1.68. The first-order valence-corrected chi connectivity index (χ1v) is 8.24. The summed E-state index contributed by atoms with van der Waals surface area (Å²) >= 11 is 4.30. The molecule has 0 aromatic rings. The fourth-order valence-electron chi connectivity index (χ4n) is 3.39. The molecule has 3 aliphatic heterocycles. The Labute approximate surface area is 106 Å². The summed E-state index contributed by atoms with van der Waals surface area (Å²) < 4.78 is 0.374. The number of thioether (sulfide) groups is 2. The molecule has 0 aromatic heterocycles. The number of hydrogen-bond acceptors (Lipinski definition) is 4. The van der Waals surface area contributed by atoms with E-state index in [4.69, 9.17) is 0 Å². The van der Waals surface area contributed by atoms with Gasteiger partial charge in [0.1, 0.15) is 0 Å². The molecule has 0 N–H and O–H groups in total. The van der Waals surface area contributed by atoms with Gasteiger partial charge in [-0.2, -0.15) is 5.26 Å². The van der Waals surface area contributed by atoms with Crippen LogP contribution in [0, 0.1) is 17.2 Å². The van der Waals surface area contributed by atoms with Gasteiger partial charge in [0.25, 0.3) is 0 Å². The van der Waals surface area contributed by atoms with Crippen molar-refractivity contribution in [3.8, 4) is 6.07 Å². The molecule has 2 nitrogen and oxygen atoms in total. The molecule has 3 fully saturated rings. The van der Waals surface area contributed by atoms with Gasteiger partial charge in [0.2, 0.25) is 0 Å². The Morgan fingerprint density at radius 3 is 2.75 bits per heavy atom. The first-order chi connectivity index (χ1) is 7.86. The molecule has 0 unspecified atom stereocenters. The minimum absolute atomic E-state index is 0.286. The van der Waals surface area contributed by atoms with Gasteiger partial charge in [-0.25, -0.2) is 0 Å². The molecule has 0 saturated carbocycles. The van der Waals surface area contributed by atoms with E-state index in [1.54, 1.807) is 0 Å². The number of nitrogens with zero attached hydrogens (tertiary/aromatic N) is 2. The Balaban J connectivity index is 1.87. The summed E-state index contributed by atoms with van der Waals surface area (Å²) in [4.78, 5) is 2.60. The Morgan fingerprint density at radius 1 is 1.19 bits per heavy atom. The van der Waals surface area contributed by atoms with Crippen LogP contribution in [0.5, 0.6) is 0 Å². The summed E-state index contributed by atoms with van der Waals surface area (Å²) in [5, 5.41) is 9.36. The van der Waals surface area contributed by atoms with Crippen molar-refractivity contribution in [3.63, 3.8) is 0 Å². The van der Waals surface area contributed by atoms with Crippen LogP contribution in [0.25, 0.3) is 0 Å². The van der Waals surface area contributed by atoms with Gasteiger partial charge in [-0.3, -0.25) is 4.90 Å². The minimum atomic E-state index is 0.286. The SMILES string of the molecule is N#C[C@H]1CCCN2CCC3(SCCCS3)[C@@H]12. The highest BCUT2D eigenvalue weighted by atomic mass is 32.2. The molecule has 88 valence electrons. The van der Waals surface area contributed by atoms with Crippen LogP contribution < -0.4 is 0 Å². The van der Waals surface area contributed by atoms with Gasteiger partial charge >= 0.3 is 0 Å². The fourth-order valence-corrected chi connectivity index (χ4v) is 7.11. The first-order valence-electron chi connectivity index (χ1n) is 6.27. The highest BCUT2D eigenvalue weighted by molar-refractivity contribution is 8.18. The third-order valence-corrected chi connectivity index (χ3v) is 7.64. The second-order valence-electron chi connectivity index (χ2n) is 4.97. The Bertz CT molecular complexity index is 307. The molecule has 3 saturated heterocycles. The summed E-state index contributed by atoms with van der Waals surface area (Å²) in [6.45, 7) is 2.45. The standard InChI is InChI=1S/C12H18N2S2/c13-9-10-3-1-5-14-6-4-12(11(10)14)15-7-2-8-16-12/h10-11H,1-8H2/t10-,11-/m1/s1. The lowest BCUT2D eigenvalue weighted by atomic mass is 9.90. The molecule has 4 heteroatoms. The van der Waals surface area contributed by atoms with E-state index in [0.717, 1.165) is 6.42 Å². The van der Waals surface area contributed by atoms with Crippen molar-refractivity contribution in [2.45, 2.75) is 35.8 Å². The van der Waals surface area contributed by atoms with Crippen LogP contribution >= 0.6 is 23.5 Å². The monoisotopic (exact) mass is 254 g/mol. The Morgan fingerprint density at radius 2 is 2.00 bits per heavy atom. The zero-order valence-electron chi connectivity index (χ0n) is 9.52. The lowest BCUT2D eigenvalue weighted by Crippen LogP contribution is -2.49. The summed E-state index contributed by atoms with van der Waals surface area (Å²) in [7, 11) is 0. The van der Waals surface area contributed by atoms with Gasteiger partial charge in [0.15, 0.2) is 0 Å². The van der Waals surface area contributed by atoms with Gasteiger partial charge in [-0.15, -0.1) is 23.5 Å². The highest BCUT2D eigenvalue weighted by Gasteiger charge is 2.53. The Kier molecular flexibility index (Phi) is 3.12. The van der Waals surface area contributed by atoms with E-state index < -0.39 is 0 Å². The molecule has 1 spiro atoms. The van der Waals surface area contributed by atoms with E-state index in [1.807, 2.05) is 0 Å². The smallest absolute Gasteiger partial charge is 0.0790 e. The summed E-state index contributed by atoms with van der Waals surface area (Å²) in [6.07, 6.45) is 4.99. The quantitative estimate of drug-likeness (QED) is 0.664. The van der Waals surface area contributed by atoms with E-state index in [9.17, 15) is 5.26 Å². The summed E-state index contributed by atoms with van der Waals surface area (Å²) in [5.41, 5.74) is 0. The van der Waals surface area contributed by atoms with Crippen molar-refractivity contribution in [1.29, 1.82) is 5.26 Å². The molecular formula is C12H18N2S2. The molecule has 0 aromatic carbocycles. The predicted molar refractivity (Wildman–Crippen MR) is 70.6 cm³/mol. The zero-order chi connectivity index (χ0) is 11.0. The molecule has 0 amide bonds. The molecule has 16 heavy (non-hydrogen) atoms. The largest absolute Gasteiger partial charge is 0.297 e.